The van der Waals surface area contributed by atoms with Gasteiger partial charge in [0.15, 0.2) is 9.84 Å². The molecule has 1 unspecified atom stereocenters. The van der Waals surface area contributed by atoms with Gasteiger partial charge in [-0.25, -0.2) is 8.42 Å². The lowest BCUT2D eigenvalue weighted by molar-refractivity contribution is -0.120. The number of unbranched alkanes of at least 4 members (excludes halogenated alkanes) is 3. The van der Waals surface area contributed by atoms with E-state index in [1.54, 1.807) is 0 Å². The van der Waals surface area contributed by atoms with Crippen molar-refractivity contribution >= 4 is 38.3 Å². The highest BCUT2D eigenvalue weighted by Gasteiger charge is 2.34. The summed E-state index contributed by atoms with van der Waals surface area (Å²) in [5.74, 6) is -0.121. The number of hydrogen-bond donors (Lipinski definition) is 1. The first-order valence-corrected chi connectivity index (χ1v) is 9.87. The van der Waals surface area contributed by atoms with Crippen molar-refractivity contribution in [2.75, 3.05) is 16.7 Å². The highest BCUT2D eigenvalue weighted by atomic mass is 127. The SMILES string of the molecule is O=C(NCCCCCCI)C1CCCCS1(=O)=O. The number of carbonyl (C=O) groups is 1. The molecule has 4 nitrogen and oxygen atoms in total. The molecule has 1 fully saturated rings. The maximum atomic E-state index is 11.8. The number of sulfone groups is 1. The summed E-state index contributed by atoms with van der Waals surface area (Å²) in [5, 5.41) is 1.97. The molecule has 1 atom stereocenters. The quantitative estimate of drug-likeness (QED) is 0.413. The van der Waals surface area contributed by atoms with Crippen LogP contribution in [0.5, 0.6) is 0 Å². The Balaban J connectivity index is 2.24. The number of carbonyl (C=O) groups excluding carboxylic acids is 1. The first-order valence-electron chi connectivity index (χ1n) is 6.63. The predicted molar refractivity (Wildman–Crippen MR) is 81.8 cm³/mol. The van der Waals surface area contributed by atoms with Crippen molar-refractivity contribution in [2.24, 2.45) is 0 Å². The third-order valence-corrected chi connectivity index (χ3v) is 6.17. The molecular formula is C12H22INO3S. The lowest BCUT2D eigenvalue weighted by Crippen LogP contribution is -2.43. The molecule has 0 aliphatic carbocycles. The minimum absolute atomic E-state index is 0.167. The lowest BCUT2D eigenvalue weighted by atomic mass is 10.1. The molecule has 0 bridgehead atoms. The second-order valence-electron chi connectivity index (χ2n) is 4.75. The largest absolute Gasteiger partial charge is 0.355 e. The molecule has 106 valence electrons. The Hall–Kier alpha value is 0.150. The lowest BCUT2D eigenvalue weighted by Gasteiger charge is -2.21. The van der Waals surface area contributed by atoms with Gasteiger partial charge in [-0.2, -0.15) is 0 Å². The van der Waals surface area contributed by atoms with E-state index in [-0.39, 0.29) is 11.7 Å². The molecule has 6 heteroatoms. The molecule has 18 heavy (non-hydrogen) atoms. The first kappa shape index (κ1) is 16.2. The van der Waals surface area contributed by atoms with Crippen LogP contribution in [0.25, 0.3) is 0 Å². The minimum Gasteiger partial charge on any atom is -0.355 e. The topological polar surface area (TPSA) is 63.2 Å². The van der Waals surface area contributed by atoms with Gasteiger partial charge in [-0.3, -0.25) is 4.79 Å². The minimum atomic E-state index is -3.19. The van der Waals surface area contributed by atoms with Crippen LogP contribution < -0.4 is 5.32 Å². The fourth-order valence-corrected chi connectivity index (χ4v) is 4.51. The van der Waals surface area contributed by atoms with Crippen molar-refractivity contribution < 1.29 is 13.2 Å². The predicted octanol–water partition coefficient (Wildman–Crippen LogP) is 2.07. The van der Waals surface area contributed by atoms with Gasteiger partial charge >= 0.3 is 0 Å². The zero-order valence-electron chi connectivity index (χ0n) is 10.7. The smallest absolute Gasteiger partial charge is 0.238 e. The van der Waals surface area contributed by atoms with E-state index < -0.39 is 15.1 Å². The van der Waals surface area contributed by atoms with Crippen molar-refractivity contribution in [2.45, 2.75) is 50.2 Å². The standard InChI is InChI=1S/C12H22INO3S/c13-8-4-1-2-5-9-14-12(15)11-7-3-6-10-18(11,16)17/h11H,1-10H2,(H,14,15). The van der Waals surface area contributed by atoms with Crippen LogP contribution in [0, 0.1) is 0 Å². The van der Waals surface area contributed by atoms with E-state index in [1.165, 1.54) is 17.3 Å². The Morgan fingerprint density at radius 2 is 1.89 bits per heavy atom. The Kier molecular flexibility index (Phi) is 7.51. The Morgan fingerprint density at radius 1 is 1.17 bits per heavy atom. The molecule has 0 aromatic carbocycles. The Labute approximate surface area is 123 Å². The van der Waals surface area contributed by atoms with Crippen LogP contribution in [0.4, 0.5) is 0 Å². The average molecular weight is 387 g/mol. The number of alkyl halides is 1. The van der Waals surface area contributed by atoms with Crippen LogP contribution >= 0.6 is 22.6 Å². The molecule has 0 radical (unpaired) electrons. The number of rotatable bonds is 7. The third-order valence-electron chi connectivity index (χ3n) is 3.23. The average Bonchev–Trinajstić information content (AvgIpc) is 2.32. The molecule has 0 aromatic rings. The molecule has 1 heterocycles. The summed E-state index contributed by atoms with van der Waals surface area (Å²) in [6, 6.07) is 0. The van der Waals surface area contributed by atoms with Crippen LogP contribution in [0.15, 0.2) is 0 Å². The molecule has 0 aromatic heterocycles. The van der Waals surface area contributed by atoms with Gasteiger partial charge in [-0.15, -0.1) is 0 Å². The van der Waals surface area contributed by atoms with E-state index >= 15 is 0 Å². The fraction of sp³-hybridized carbons (Fsp3) is 0.917. The highest BCUT2D eigenvalue weighted by Crippen LogP contribution is 2.19. The summed E-state index contributed by atoms with van der Waals surface area (Å²) in [4.78, 5) is 11.8. The second kappa shape index (κ2) is 8.35. The zero-order chi connectivity index (χ0) is 13.4. The van der Waals surface area contributed by atoms with E-state index in [0.29, 0.717) is 19.4 Å². The van der Waals surface area contributed by atoms with Crippen molar-refractivity contribution in [3.05, 3.63) is 0 Å². The molecule has 0 spiro atoms. The van der Waals surface area contributed by atoms with Crippen LogP contribution in [0.3, 0.4) is 0 Å². The summed E-state index contributed by atoms with van der Waals surface area (Å²) in [6.07, 6.45) is 6.46. The van der Waals surface area contributed by atoms with Gasteiger partial charge in [0.2, 0.25) is 5.91 Å². The van der Waals surface area contributed by atoms with E-state index in [4.69, 9.17) is 0 Å². The van der Waals surface area contributed by atoms with Crippen LogP contribution in [-0.2, 0) is 14.6 Å². The van der Waals surface area contributed by atoms with E-state index in [2.05, 4.69) is 27.9 Å². The van der Waals surface area contributed by atoms with Gasteiger partial charge in [0, 0.05) is 6.54 Å². The number of nitrogens with one attached hydrogen (secondary N) is 1. The Morgan fingerprint density at radius 3 is 2.56 bits per heavy atom. The summed E-state index contributed by atoms with van der Waals surface area (Å²) >= 11 is 2.36. The van der Waals surface area contributed by atoms with Crippen LogP contribution in [0.1, 0.15) is 44.9 Å². The molecule has 1 aliphatic rings. The first-order chi connectivity index (χ1) is 8.58. The Bertz CT molecular complexity index is 356. The molecule has 1 aliphatic heterocycles. The second-order valence-corrected chi connectivity index (χ2v) is 8.13. The van der Waals surface area contributed by atoms with Gasteiger partial charge in [0.05, 0.1) is 5.75 Å². The van der Waals surface area contributed by atoms with Crippen molar-refractivity contribution in [3.8, 4) is 0 Å². The van der Waals surface area contributed by atoms with E-state index in [9.17, 15) is 13.2 Å². The molecule has 1 rings (SSSR count). The monoisotopic (exact) mass is 387 g/mol. The molecule has 1 saturated heterocycles. The number of hydrogen-bond acceptors (Lipinski definition) is 3. The highest BCUT2D eigenvalue weighted by molar-refractivity contribution is 14.1. The van der Waals surface area contributed by atoms with Crippen molar-refractivity contribution in [1.82, 2.24) is 5.32 Å². The summed E-state index contributed by atoms with van der Waals surface area (Å²) in [5.41, 5.74) is 0. The van der Waals surface area contributed by atoms with E-state index in [0.717, 1.165) is 19.3 Å². The summed E-state index contributed by atoms with van der Waals surface area (Å²) in [7, 11) is -3.19. The molecule has 1 N–H and O–H groups in total. The van der Waals surface area contributed by atoms with Crippen molar-refractivity contribution in [1.29, 1.82) is 0 Å². The van der Waals surface area contributed by atoms with Gasteiger partial charge in [0.1, 0.15) is 5.25 Å². The fourth-order valence-electron chi connectivity index (χ4n) is 2.15. The maximum Gasteiger partial charge on any atom is 0.238 e. The van der Waals surface area contributed by atoms with Crippen LogP contribution in [0.2, 0.25) is 0 Å². The number of halogens is 1. The van der Waals surface area contributed by atoms with E-state index in [1.807, 2.05) is 0 Å². The third kappa shape index (κ3) is 5.42. The number of amides is 1. The van der Waals surface area contributed by atoms with Gasteiger partial charge in [-0.1, -0.05) is 41.9 Å². The normalized spacial score (nSPS) is 22.6. The summed E-state index contributed by atoms with van der Waals surface area (Å²) in [6.45, 7) is 0.603. The maximum absolute atomic E-state index is 11.8. The van der Waals surface area contributed by atoms with Gasteiger partial charge < -0.3 is 5.32 Å². The van der Waals surface area contributed by atoms with Crippen LogP contribution in [-0.4, -0.2) is 36.3 Å². The van der Waals surface area contributed by atoms with Gasteiger partial charge in [0.25, 0.3) is 0 Å². The zero-order valence-corrected chi connectivity index (χ0v) is 13.6. The molecular weight excluding hydrogens is 365 g/mol. The molecule has 0 saturated carbocycles. The van der Waals surface area contributed by atoms with Gasteiger partial charge in [-0.05, 0) is 30.1 Å². The molecule has 1 amide bonds. The summed E-state index contributed by atoms with van der Waals surface area (Å²) < 4.78 is 24.6. The van der Waals surface area contributed by atoms with Crippen molar-refractivity contribution in [3.63, 3.8) is 0 Å².